The van der Waals surface area contributed by atoms with Gasteiger partial charge in [0.05, 0.1) is 41.3 Å². The summed E-state index contributed by atoms with van der Waals surface area (Å²) < 4.78 is 14.1. The third-order valence-corrected chi connectivity index (χ3v) is 7.96. The summed E-state index contributed by atoms with van der Waals surface area (Å²) in [5, 5.41) is 10.6. The van der Waals surface area contributed by atoms with Crippen LogP contribution in [0.5, 0.6) is 5.75 Å². The number of pyridine rings is 1. The third-order valence-electron chi connectivity index (χ3n) is 7.96. The van der Waals surface area contributed by atoms with E-state index in [-0.39, 0.29) is 11.7 Å². The van der Waals surface area contributed by atoms with Crippen molar-refractivity contribution in [2.24, 2.45) is 0 Å². The quantitative estimate of drug-likeness (QED) is 0.292. The summed E-state index contributed by atoms with van der Waals surface area (Å²) in [5.41, 5.74) is 6.65. The topological polar surface area (TPSA) is 89.7 Å². The van der Waals surface area contributed by atoms with Crippen LogP contribution in [0.25, 0.3) is 21.9 Å². The van der Waals surface area contributed by atoms with Crippen LogP contribution in [-0.4, -0.2) is 49.8 Å². The van der Waals surface area contributed by atoms with Crippen LogP contribution in [0.15, 0.2) is 72.9 Å². The van der Waals surface area contributed by atoms with E-state index in [1.165, 1.54) is 11.1 Å². The fraction of sp³-hybridized carbons (Fsp3) is 0.281. The smallest absolute Gasteiger partial charge is 0.335 e. The van der Waals surface area contributed by atoms with Gasteiger partial charge in [-0.05, 0) is 78.1 Å². The summed E-state index contributed by atoms with van der Waals surface area (Å²) in [6.45, 7) is 4.37. The van der Waals surface area contributed by atoms with Crippen molar-refractivity contribution in [3.63, 3.8) is 0 Å². The monoisotopic (exact) mass is 534 g/mol. The van der Waals surface area contributed by atoms with E-state index in [1.807, 2.05) is 24.4 Å². The minimum Gasteiger partial charge on any atom is -0.489 e. The minimum atomic E-state index is -0.931. The fourth-order valence-corrected chi connectivity index (χ4v) is 5.66. The van der Waals surface area contributed by atoms with Crippen molar-refractivity contribution in [3.8, 4) is 5.75 Å². The maximum Gasteiger partial charge on any atom is 0.335 e. The predicted octanol–water partition coefficient (Wildman–Crippen LogP) is 5.21. The Bertz CT molecular complexity index is 1730. The molecular formula is C32H30N4O4. The third kappa shape index (κ3) is 4.92. The zero-order valence-electron chi connectivity index (χ0n) is 22.1. The summed E-state index contributed by atoms with van der Waals surface area (Å²) >= 11 is 0. The molecule has 7 rings (SSSR count). The van der Waals surface area contributed by atoms with Gasteiger partial charge in [-0.15, -0.1) is 0 Å². The van der Waals surface area contributed by atoms with Crippen LogP contribution in [0.3, 0.4) is 0 Å². The Balaban J connectivity index is 1.08. The summed E-state index contributed by atoms with van der Waals surface area (Å²) in [7, 11) is 0. The predicted molar refractivity (Wildman–Crippen MR) is 151 cm³/mol. The molecule has 202 valence electrons. The molecular weight excluding hydrogens is 504 g/mol. The molecule has 4 heterocycles. The molecule has 0 amide bonds. The number of benzene rings is 3. The molecule has 0 saturated carbocycles. The zero-order valence-corrected chi connectivity index (χ0v) is 22.1. The standard InChI is InChI=1S/C32H30N4O4/c37-32(38)24-5-8-29-30(16-24)36(18-27-10-13-39-27)31(34-29)19-35-12-9-22-4-6-26(15-25(22)17-35)40-20-21-3-7-28-23(14-21)2-1-11-33-28/h1-8,11,14-16,27H,9-10,12-13,17-20H2,(H,37,38)/t27-/m0/s1. The molecule has 0 spiro atoms. The molecule has 1 fully saturated rings. The average Bonchev–Trinajstić information content (AvgIpc) is 3.29. The number of imidazole rings is 1. The highest BCUT2D eigenvalue weighted by Crippen LogP contribution is 2.28. The average molecular weight is 535 g/mol. The van der Waals surface area contributed by atoms with Crippen LogP contribution in [-0.2, 0) is 37.4 Å². The normalized spacial score (nSPS) is 17.1. The van der Waals surface area contributed by atoms with Crippen molar-refractivity contribution in [1.29, 1.82) is 0 Å². The molecule has 2 aliphatic heterocycles. The Labute approximate surface area is 231 Å². The Morgan fingerprint density at radius 3 is 2.80 bits per heavy atom. The van der Waals surface area contributed by atoms with Gasteiger partial charge in [0.1, 0.15) is 18.2 Å². The molecule has 1 atom stereocenters. The molecule has 1 N–H and O–H groups in total. The van der Waals surface area contributed by atoms with Gasteiger partial charge in [-0.1, -0.05) is 18.2 Å². The molecule has 0 unspecified atom stereocenters. The van der Waals surface area contributed by atoms with Crippen LogP contribution in [0.2, 0.25) is 0 Å². The highest BCUT2D eigenvalue weighted by molar-refractivity contribution is 5.92. The largest absolute Gasteiger partial charge is 0.489 e. The number of aromatic nitrogens is 3. The number of nitrogens with zero attached hydrogens (tertiary/aromatic N) is 4. The van der Waals surface area contributed by atoms with E-state index in [2.05, 4.69) is 50.8 Å². The zero-order chi connectivity index (χ0) is 27.1. The van der Waals surface area contributed by atoms with E-state index in [9.17, 15) is 9.90 Å². The first-order valence-corrected chi connectivity index (χ1v) is 13.7. The maximum absolute atomic E-state index is 11.6. The van der Waals surface area contributed by atoms with E-state index < -0.39 is 5.97 Å². The van der Waals surface area contributed by atoms with Gasteiger partial charge in [-0.3, -0.25) is 9.88 Å². The molecule has 8 heteroatoms. The van der Waals surface area contributed by atoms with Gasteiger partial charge in [0.15, 0.2) is 0 Å². The van der Waals surface area contributed by atoms with E-state index in [0.717, 1.165) is 71.6 Å². The minimum absolute atomic E-state index is 0.144. The number of rotatable bonds is 8. The van der Waals surface area contributed by atoms with Crippen molar-refractivity contribution < 1.29 is 19.4 Å². The first-order chi connectivity index (χ1) is 19.6. The van der Waals surface area contributed by atoms with Crippen LogP contribution in [0, 0.1) is 0 Å². The lowest BCUT2D eigenvalue weighted by Crippen LogP contribution is -2.34. The maximum atomic E-state index is 11.6. The van der Waals surface area contributed by atoms with E-state index in [1.54, 1.807) is 12.1 Å². The van der Waals surface area contributed by atoms with Gasteiger partial charge in [-0.2, -0.15) is 0 Å². The number of carboxylic acid groups (broad SMARTS) is 1. The highest BCUT2D eigenvalue weighted by atomic mass is 16.5. The Morgan fingerprint density at radius 1 is 1.05 bits per heavy atom. The summed E-state index contributed by atoms with van der Waals surface area (Å²) in [5.74, 6) is 0.872. The molecule has 0 radical (unpaired) electrons. The Kier molecular flexibility index (Phi) is 6.42. The lowest BCUT2D eigenvalue weighted by Gasteiger charge is -2.30. The first kappa shape index (κ1) is 24.7. The lowest BCUT2D eigenvalue weighted by atomic mass is 9.99. The Hall–Kier alpha value is -4.27. The van der Waals surface area contributed by atoms with Gasteiger partial charge in [-0.25, -0.2) is 9.78 Å². The van der Waals surface area contributed by atoms with Gasteiger partial charge in [0, 0.05) is 31.3 Å². The van der Waals surface area contributed by atoms with Gasteiger partial charge in [0.25, 0.3) is 0 Å². The van der Waals surface area contributed by atoms with E-state index in [4.69, 9.17) is 14.5 Å². The molecule has 40 heavy (non-hydrogen) atoms. The first-order valence-electron chi connectivity index (χ1n) is 13.7. The number of aromatic carboxylic acids is 1. The molecule has 2 aliphatic rings. The van der Waals surface area contributed by atoms with Crippen molar-refractivity contribution in [3.05, 3.63) is 101 Å². The second kappa shape index (κ2) is 10.4. The number of hydrogen-bond donors (Lipinski definition) is 1. The van der Waals surface area contributed by atoms with Crippen LogP contribution in [0.1, 0.15) is 39.3 Å². The number of carboxylic acids is 1. The summed E-state index contributed by atoms with van der Waals surface area (Å²) in [4.78, 5) is 23.3. The lowest BCUT2D eigenvalue weighted by molar-refractivity contribution is -0.0592. The molecule has 3 aromatic carbocycles. The molecule has 0 aliphatic carbocycles. The van der Waals surface area contributed by atoms with E-state index in [0.29, 0.717) is 19.7 Å². The van der Waals surface area contributed by atoms with Crippen LogP contribution < -0.4 is 4.74 Å². The highest BCUT2D eigenvalue weighted by Gasteiger charge is 2.24. The molecule has 1 saturated heterocycles. The van der Waals surface area contributed by atoms with Crippen LogP contribution in [0.4, 0.5) is 0 Å². The number of carbonyl (C=O) groups is 1. The van der Waals surface area contributed by atoms with E-state index >= 15 is 0 Å². The van der Waals surface area contributed by atoms with Gasteiger partial charge < -0.3 is 19.1 Å². The number of fused-ring (bicyclic) bond motifs is 3. The van der Waals surface area contributed by atoms with Crippen molar-refractivity contribution in [1.82, 2.24) is 19.4 Å². The second-order valence-electron chi connectivity index (χ2n) is 10.6. The fourth-order valence-electron chi connectivity index (χ4n) is 5.66. The molecule has 5 aromatic rings. The molecule has 0 bridgehead atoms. The SMILES string of the molecule is O=C(O)c1ccc2nc(CN3CCc4ccc(OCc5ccc6ncccc6c5)cc4C3)n(C[C@@H]3CCO3)c2c1. The van der Waals surface area contributed by atoms with Crippen LogP contribution >= 0.6 is 0 Å². The number of ether oxygens (including phenoxy) is 2. The number of hydrogen-bond acceptors (Lipinski definition) is 6. The van der Waals surface area contributed by atoms with Crippen molar-refractivity contribution in [2.45, 2.75) is 45.2 Å². The van der Waals surface area contributed by atoms with Gasteiger partial charge >= 0.3 is 5.97 Å². The summed E-state index contributed by atoms with van der Waals surface area (Å²) in [6, 6.07) is 21.8. The summed E-state index contributed by atoms with van der Waals surface area (Å²) in [6.07, 6.45) is 3.92. The van der Waals surface area contributed by atoms with Crippen molar-refractivity contribution in [2.75, 3.05) is 13.2 Å². The Morgan fingerprint density at radius 2 is 1.95 bits per heavy atom. The van der Waals surface area contributed by atoms with Gasteiger partial charge in [0.2, 0.25) is 0 Å². The molecule has 8 nitrogen and oxygen atoms in total. The van der Waals surface area contributed by atoms with Crippen molar-refractivity contribution >= 4 is 27.9 Å². The molecule has 2 aromatic heterocycles. The second-order valence-corrected chi connectivity index (χ2v) is 10.6.